The molecule has 0 aliphatic heterocycles. The second kappa shape index (κ2) is 13.9. The molecule has 0 heterocycles. The summed E-state index contributed by atoms with van der Waals surface area (Å²) in [5.74, 6) is 0.104. The Hall–Kier alpha value is -3.76. The average molecular weight is 347 g/mol. The molecule has 0 unspecified atom stereocenters. The molecule has 0 atom stereocenters. The molecule has 134 valence electrons. The molecule has 13 heteroatoms. The van der Waals surface area contributed by atoms with E-state index in [2.05, 4.69) is 30.9 Å². The van der Waals surface area contributed by atoms with Gasteiger partial charge >= 0.3 is 0 Å². The molecule has 0 bridgehead atoms. The predicted molar refractivity (Wildman–Crippen MR) is 92.2 cm³/mol. The third-order valence-electron chi connectivity index (χ3n) is 2.69. The van der Waals surface area contributed by atoms with Gasteiger partial charge in [0, 0.05) is 32.7 Å². The van der Waals surface area contributed by atoms with Gasteiger partial charge in [-0.25, -0.2) is 0 Å². The molecule has 0 rings (SSSR count). The zero-order valence-corrected chi connectivity index (χ0v) is 13.6. The van der Waals surface area contributed by atoms with E-state index >= 15 is 0 Å². The SMILES string of the molecule is N#CN=C(N)NCCN(CCN=C(N)NC#N)CCNC(N)=NC#N. The molecule has 0 saturated carbocycles. The lowest BCUT2D eigenvalue weighted by atomic mass is 10.4. The highest BCUT2D eigenvalue weighted by molar-refractivity contribution is 5.79. The maximum atomic E-state index is 8.43. The van der Waals surface area contributed by atoms with Crippen LogP contribution < -0.4 is 33.2 Å². The summed E-state index contributed by atoms with van der Waals surface area (Å²) in [5.41, 5.74) is 16.4. The van der Waals surface area contributed by atoms with Gasteiger partial charge in [-0.2, -0.15) is 15.8 Å². The molecule has 25 heavy (non-hydrogen) atoms. The van der Waals surface area contributed by atoms with E-state index < -0.39 is 0 Å². The normalized spacial score (nSPS) is 12.0. The first-order valence-electron chi connectivity index (χ1n) is 7.13. The summed E-state index contributed by atoms with van der Waals surface area (Å²) in [6, 6.07) is 0. The Morgan fingerprint density at radius 1 is 0.840 bits per heavy atom. The van der Waals surface area contributed by atoms with Crippen LogP contribution in [-0.4, -0.2) is 62.0 Å². The van der Waals surface area contributed by atoms with E-state index in [4.69, 9.17) is 33.0 Å². The predicted octanol–water partition coefficient (Wildman–Crippen LogP) is -3.56. The fourth-order valence-corrected chi connectivity index (χ4v) is 1.62. The van der Waals surface area contributed by atoms with Gasteiger partial charge in [0.25, 0.3) is 0 Å². The first-order chi connectivity index (χ1) is 12.0. The third kappa shape index (κ3) is 12.5. The van der Waals surface area contributed by atoms with Gasteiger partial charge in [-0.05, 0) is 0 Å². The van der Waals surface area contributed by atoms with Crippen LogP contribution in [0.1, 0.15) is 0 Å². The Morgan fingerprint density at radius 2 is 1.36 bits per heavy atom. The Balaban J connectivity index is 4.45. The van der Waals surface area contributed by atoms with Crippen LogP contribution in [0.5, 0.6) is 0 Å². The summed E-state index contributed by atoms with van der Waals surface area (Å²) in [6.07, 6.45) is 4.84. The zero-order valence-electron chi connectivity index (χ0n) is 13.6. The summed E-state index contributed by atoms with van der Waals surface area (Å²) in [7, 11) is 0. The fourth-order valence-electron chi connectivity index (χ4n) is 1.62. The van der Waals surface area contributed by atoms with Crippen molar-refractivity contribution >= 4 is 17.9 Å². The van der Waals surface area contributed by atoms with Crippen molar-refractivity contribution in [2.45, 2.75) is 0 Å². The number of guanidine groups is 3. The molecule has 0 saturated heterocycles. The summed E-state index contributed by atoms with van der Waals surface area (Å²) in [6.45, 7) is 2.95. The first-order valence-corrected chi connectivity index (χ1v) is 7.13. The number of rotatable bonds is 9. The van der Waals surface area contributed by atoms with Crippen molar-refractivity contribution in [3.8, 4) is 18.6 Å². The van der Waals surface area contributed by atoms with Gasteiger partial charge in [0.15, 0.2) is 6.19 Å². The molecular formula is C12H21N13. The molecule has 9 N–H and O–H groups in total. The lowest BCUT2D eigenvalue weighted by molar-refractivity contribution is 0.289. The van der Waals surface area contributed by atoms with E-state index in [-0.39, 0.29) is 17.9 Å². The highest BCUT2D eigenvalue weighted by Gasteiger charge is 2.05. The summed E-state index contributed by atoms with van der Waals surface area (Å²) < 4.78 is 0. The Bertz CT molecular complexity index is 564. The van der Waals surface area contributed by atoms with Crippen LogP contribution in [0.25, 0.3) is 0 Å². The van der Waals surface area contributed by atoms with Crippen LogP contribution in [0.2, 0.25) is 0 Å². The molecule has 0 spiro atoms. The zero-order chi connectivity index (χ0) is 18.9. The number of hydrogen-bond acceptors (Lipinski definition) is 7. The first kappa shape index (κ1) is 21.2. The molecule has 0 aromatic rings. The van der Waals surface area contributed by atoms with Gasteiger partial charge in [-0.1, -0.05) is 0 Å². The topological polar surface area (TPSA) is 226 Å². The summed E-state index contributed by atoms with van der Waals surface area (Å²) in [5, 5.41) is 33.0. The Labute approximate surface area is 145 Å². The molecule has 0 aliphatic carbocycles. The van der Waals surface area contributed by atoms with Crippen molar-refractivity contribution in [2.75, 3.05) is 39.3 Å². The highest BCUT2D eigenvalue weighted by Crippen LogP contribution is 1.88. The molecular weight excluding hydrogens is 326 g/mol. The van der Waals surface area contributed by atoms with Crippen LogP contribution >= 0.6 is 0 Å². The fraction of sp³-hybridized carbons (Fsp3) is 0.500. The standard InChI is InChI=1S/C12H21N13/c13-7-22-10(16)19-1-4-25(5-2-20-11(17)23-8-14)6-3-21-12(18)24-9-15/h1-6H2,(H3,16,19,22)(H3,17,20,23)(H3,18,21,24). The largest absolute Gasteiger partial charge is 0.369 e. The van der Waals surface area contributed by atoms with Gasteiger partial charge in [0.05, 0.1) is 6.54 Å². The van der Waals surface area contributed by atoms with Crippen LogP contribution in [0.15, 0.2) is 15.0 Å². The van der Waals surface area contributed by atoms with Crippen LogP contribution in [-0.2, 0) is 0 Å². The minimum absolute atomic E-state index is 0.0338. The smallest absolute Gasteiger partial charge is 0.209 e. The van der Waals surface area contributed by atoms with Gasteiger partial charge < -0.3 is 27.8 Å². The van der Waals surface area contributed by atoms with Crippen molar-refractivity contribution in [2.24, 2.45) is 32.2 Å². The number of nitrogens with one attached hydrogen (secondary N) is 3. The summed E-state index contributed by atoms with van der Waals surface area (Å²) in [4.78, 5) is 12.7. The maximum absolute atomic E-state index is 8.43. The van der Waals surface area contributed by atoms with Crippen molar-refractivity contribution in [1.82, 2.24) is 20.9 Å². The van der Waals surface area contributed by atoms with E-state index in [1.54, 1.807) is 18.6 Å². The number of aliphatic imine (C=N–C) groups is 3. The van der Waals surface area contributed by atoms with Crippen LogP contribution in [0, 0.1) is 34.4 Å². The second-order valence-corrected chi connectivity index (χ2v) is 4.39. The lowest BCUT2D eigenvalue weighted by Crippen LogP contribution is -2.43. The molecule has 13 nitrogen and oxygen atoms in total. The molecule has 0 aromatic heterocycles. The lowest BCUT2D eigenvalue weighted by Gasteiger charge is -2.22. The van der Waals surface area contributed by atoms with Gasteiger partial charge in [0.2, 0.25) is 30.3 Å². The third-order valence-corrected chi connectivity index (χ3v) is 2.69. The minimum atomic E-state index is 0.0338. The van der Waals surface area contributed by atoms with E-state index in [1.165, 1.54) is 0 Å². The monoisotopic (exact) mass is 347 g/mol. The second-order valence-electron chi connectivity index (χ2n) is 4.39. The van der Waals surface area contributed by atoms with E-state index in [9.17, 15) is 0 Å². The average Bonchev–Trinajstić information content (AvgIpc) is 2.55. The molecule has 0 aliphatic rings. The van der Waals surface area contributed by atoms with E-state index in [1.807, 2.05) is 4.90 Å². The van der Waals surface area contributed by atoms with Gasteiger partial charge in [0.1, 0.15) is 0 Å². The van der Waals surface area contributed by atoms with Crippen molar-refractivity contribution < 1.29 is 0 Å². The molecule has 0 radical (unpaired) electrons. The Morgan fingerprint density at radius 3 is 1.80 bits per heavy atom. The van der Waals surface area contributed by atoms with E-state index in [0.29, 0.717) is 39.3 Å². The number of nitrogens with zero attached hydrogens (tertiary/aromatic N) is 7. The molecule has 0 fully saturated rings. The number of hydrogen-bond donors (Lipinski definition) is 6. The number of nitrogens with two attached hydrogens (primary N) is 3. The van der Waals surface area contributed by atoms with E-state index in [0.717, 1.165) is 0 Å². The van der Waals surface area contributed by atoms with Crippen molar-refractivity contribution in [3.63, 3.8) is 0 Å². The van der Waals surface area contributed by atoms with Crippen LogP contribution in [0.3, 0.4) is 0 Å². The number of nitriles is 3. The van der Waals surface area contributed by atoms with Gasteiger partial charge in [-0.15, -0.1) is 9.98 Å². The molecule has 0 aromatic carbocycles. The van der Waals surface area contributed by atoms with Gasteiger partial charge in [-0.3, -0.25) is 15.2 Å². The van der Waals surface area contributed by atoms with Crippen molar-refractivity contribution in [3.05, 3.63) is 0 Å². The summed E-state index contributed by atoms with van der Waals surface area (Å²) >= 11 is 0. The maximum Gasteiger partial charge on any atom is 0.209 e. The molecule has 0 amide bonds. The Kier molecular flexibility index (Phi) is 11.8. The minimum Gasteiger partial charge on any atom is -0.369 e. The van der Waals surface area contributed by atoms with Crippen molar-refractivity contribution in [1.29, 1.82) is 15.8 Å². The van der Waals surface area contributed by atoms with Crippen LogP contribution in [0.4, 0.5) is 0 Å². The quantitative estimate of drug-likeness (QED) is 0.104. The highest BCUT2D eigenvalue weighted by atomic mass is 15.2.